The molecule has 2 rings (SSSR count). The molecule has 0 atom stereocenters. The Kier molecular flexibility index (Phi) is 5.26. The average Bonchev–Trinajstić information content (AvgIpc) is 2.33. The summed E-state index contributed by atoms with van der Waals surface area (Å²) in [5.41, 5.74) is 1.43. The van der Waals surface area contributed by atoms with Crippen molar-refractivity contribution in [2.24, 2.45) is 0 Å². The SMILES string of the molecule is CC(C)N(C)CCNC1CC(c2ccc(Cl)cc2)C1. The van der Waals surface area contributed by atoms with Gasteiger partial charge in [-0.15, -0.1) is 0 Å². The van der Waals surface area contributed by atoms with Crippen LogP contribution in [0.5, 0.6) is 0 Å². The third kappa shape index (κ3) is 4.20. The van der Waals surface area contributed by atoms with Crippen molar-refractivity contribution >= 4 is 11.6 Å². The van der Waals surface area contributed by atoms with Gasteiger partial charge in [-0.3, -0.25) is 0 Å². The van der Waals surface area contributed by atoms with Gasteiger partial charge >= 0.3 is 0 Å². The molecule has 0 radical (unpaired) electrons. The van der Waals surface area contributed by atoms with E-state index in [1.54, 1.807) is 0 Å². The highest BCUT2D eigenvalue weighted by Crippen LogP contribution is 2.37. The summed E-state index contributed by atoms with van der Waals surface area (Å²) >= 11 is 5.91. The Bertz CT molecular complexity index is 382. The van der Waals surface area contributed by atoms with Gasteiger partial charge in [-0.1, -0.05) is 23.7 Å². The van der Waals surface area contributed by atoms with Crippen LogP contribution in [0.1, 0.15) is 38.2 Å². The number of rotatable bonds is 6. The van der Waals surface area contributed by atoms with E-state index in [2.05, 4.69) is 43.2 Å². The number of nitrogens with one attached hydrogen (secondary N) is 1. The predicted octanol–water partition coefficient (Wildman–Crippen LogP) is 3.52. The molecule has 0 saturated heterocycles. The van der Waals surface area contributed by atoms with Crippen molar-refractivity contribution in [3.05, 3.63) is 34.9 Å². The minimum Gasteiger partial charge on any atom is -0.313 e. The van der Waals surface area contributed by atoms with Gasteiger partial charge in [-0.05, 0) is 57.4 Å². The predicted molar refractivity (Wildman–Crippen MR) is 83.0 cm³/mol. The summed E-state index contributed by atoms with van der Waals surface area (Å²) in [6.07, 6.45) is 2.51. The number of benzene rings is 1. The standard InChI is InChI=1S/C16H25ClN2/c1-12(2)19(3)9-8-18-16-10-14(11-16)13-4-6-15(17)7-5-13/h4-7,12,14,16,18H,8-11H2,1-3H3. The molecule has 0 spiro atoms. The van der Waals surface area contributed by atoms with Crippen molar-refractivity contribution in [2.75, 3.05) is 20.1 Å². The van der Waals surface area contributed by atoms with Crippen LogP contribution in [0, 0.1) is 0 Å². The third-order valence-corrected chi connectivity index (χ3v) is 4.51. The van der Waals surface area contributed by atoms with Crippen molar-refractivity contribution < 1.29 is 0 Å². The van der Waals surface area contributed by atoms with Crippen molar-refractivity contribution in [1.29, 1.82) is 0 Å². The lowest BCUT2D eigenvalue weighted by Gasteiger charge is -2.37. The van der Waals surface area contributed by atoms with E-state index in [1.165, 1.54) is 18.4 Å². The molecule has 0 amide bonds. The molecule has 19 heavy (non-hydrogen) atoms. The van der Waals surface area contributed by atoms with Gasteiger partial charge in [-0.2, -0.15) is 0 Å². The van der Waals surface area contributed by atoms with Crippen LogP contribution in [0.15, 0.2) is 24.3 Å². The summed E-state index contributed by atoms with van der Waals surface area (Å²) < 4.78 is 0. The second-order valence-corrected chi connectivity index (χ2v) is 6.38. The first-order valence-corrected chi connectivity index (χ1v) is 7.63. The van der Waals surface area contributed by atoms with Crippen LogP contribution in [0.3, 0.4) is 0 Å². The molecule has 3 heteroatoms. The summed E-state index contributed by atoms with van der Waals surface area (Å²) in [5, 5.41) is 4.48. The Balaban J connectivity index is 1.65. The molecule has 0 aromatic heterocycles. The van der Waals surface area contributed by atoms with Crippen LogP contribution in [-0.2, 0) is 0 Å². The van der Waals surface area contributed by atoms with Crippen LogP contribution >= 0.6 is 11.6 Å². The molecule has 1 aliphatic carbocycles. The Morgan fingerprint density at radius 3 is 2.47 bits per heavy atom. The molecule has 106 valence electrons. The van der Waals surface area contributed by atoms with Gasteiger partial charge in [0.25, 0.3) is 0 Å². The van der Waals surface area contributed by atoms with Crippen LogP contribution in [0.4, 0.5) is 0 Å². The molecule has 0 bridgehead atoms. The first-order valence-electron chi connectivity index (χ1n) is 7.25. The quantitative estimate of drug-likeness (QED) is 0.858. The van der Waals surface area contributed by atoms with Gasteiger partial charge < -0.3 is 10.2 Å². The van der Waals surface area contributed by atoms with Crippen molar-refractivity contribution in [3.8, 4) is 0 Å². The minimum atomic E-state index is 0.630. The second kappa shape index (κ2) is 6.74. The lowest BCUT2D eigenvalue weighted by molar-refractivity contribution is 0.242. The summed E-state index contributed by atoms with van der Waals surface area (Å²) in [6.45, 7) is 6.69. The Hall–Kier alpha value is -0.570. The van der Waals surface area contributed by atoms with E-state index in [-0.39, 0.29) is 0 Å². The molecule has 1 aromatic carbocycles. The molecular formula is C16H25ClN2. The van der Waals surface area contributed by atoms with E-state index in [0.717, 1.165) is 24.0 Å². The molecular weight excluding hydrogens is 256 g/mol. The summed E-state index contributed by atoms with van der Waals surface area (Å²) in [6, 6.07) is 9.64. The van der Waals surface area contributed by atoms with Crippen LogP contribution in [0.2, 0.25) is 5.02 Å². The highest BCUT2D eigenvalue weighted by molar-refractivity contribution is 6.30. The number of nitrogens with zero attached hydrogens (tertiary/aromatic N) is 1. The maximum atomic E-state index is 5.91. The molecule has 0 aliphatic heterocycles. The average molecular weight is 281 g/mol. The third-order valence-electron chi connectivity index (χ3n) is 4.26. The zero-order valence-corrected chi connectivity index (χ0v) is 13.0. The van der Waals surface area contributed by atoms with Gasteiger partial charge in [0.15, 0.2) is 0 Å². The lowest BCUT2D eigenvalue weighted by Crippen LogP contribution is -2.43. The van der Waals surface area contributed by atoms with Crippen LogP contribution in [-0.4, -0.2) is 37.1 Å². The van der Waals surface area contributed by atoms with Crippen LogP contribution < -0.4 is 5.32 Å². The van der Waals surface area contributed by atoms with E-state index < -0.39 is 0 Å². The van der Waals surface area contributed by atoms with Gasteiger partial charge in [0.05, 0.1) is 0 Å². The fourth-order valence-corrected chi connectivity index (χ4v) is 2.62. The van der Waals surface area contributed by atoms with Crippen LogP contribution in [0.25, 0.3) is 0 Å². The Morgan fingerprint density at radius 2 is 1.89 bits per heavy atom. The summed E-state index contributed by atoms with van der Waals surface area (Å²) in [4.78, 5) is 2.38. The summed E-state index contributed by atoms with van der Waals surface area (Å²) in [5.74, 6) is 0.720. The maximum absolute atomic E-state index is 5.91. The zero-order valence-electron chi connectivity index (χ0n) is 12.2. The molecule has 1 aromatic rings. The molecule has 1 fully saturated rings. The molecule has 0 heterocycles. The number of hydrogen-bond donors (Lipinski definition) is 1. The maximum Gasteiger partial charge on any atom is 0.0406 e. The zero-order chi connectivity index (χ0) is 13.8. The smallest absolute Gasteiger partial charge is 0.0406 e. The van der Waals surface area contributed by atoms with Crippen molar-refractivity contribution in [1.82, 2.24) is 10.2 Å². The van der Waals surface area contributed by atoms with Gasteiger partial charge in [0.1, 0.15) is 0 Å². The topological polar surface area (TPSA) is 15.3 Å². The Labute approximate surface area is 122 Å². The first-order chi connectivity index (χ1) is 9.06. The van der Waals surface area contributed by atoms with Gasteiger partial charge in [0.2, 0.25) is 0 Å². The Morgan fingerprint density at radius 1 is 1.26 bits per heavy atom. The van der Waals surface area contributed by atoms with Gasteiger partial charge in [-0.25, -0.2) is 0 Å². The van der Waals surface area contributed by atoms with E-state index in [0.29, 0.717) is 12.1 Å². The minimum absolute atomic E-state index is 0.630. The largest absolute Gasteiger partial charge is 0.313 e. The highest BCUT2D eigenvalue weighted by Gasteiger charge is 2.29. The van der Waals surface area contributed by atoms with E-state index in [1.807, 2.05) is 12.1 Å². The molecule has 1 aliphatic rings. The molecule has 1 saturated carbocycles. The highest BCUT2D eigenvalue weighted by atomic mass is 35.5. The summed E-state index contributed by atoms with van der Waals surface area (Å²) in [7, 11) is 2.18. The number of hydrogen-bond acceptors (Lipinski definition) is 2. The number of halogens is 1. The van der Waals surface area contributed by atoms with Gasteiger partial charge in [0, 0.05) is 30.2 Å². The second-order valence-electron chi connectivity index (χ2n) is 5.95. The van der Waals surface area contributed by atoms with E-state index >= 15 is 0 Å². The fraction of sp³-hybridized carbons (Fsp3) is 0.625. The molecule has 0 unspecified atom stereocenters. The fourth-order valence-electron chi connectivity index (χ4n) is 2.49. The van der Waals surface area contributed by atoms with E-state index in [9.17, 15) is 0 Å². The monoisotopic (exact) mass is 280 g/mol. The van der Waals surface area contributed by atoms with E-state index in [4.69, 9.17) is 11.6 Å². The number of likely N-dealkylation sites (N-methyl/N-ethyl adjacent to an activating group) is 1. The lowest BCUT2D eigenvalue weighted by atomic mass is 9.76. The van der Waals surface area contributed by atoms with Crippen molar-refractivity contribution in [2.45, 2.75) is 44.7 Å². The van der Waals surface area contributed by atoms with Crippen molar-refractivity contribution in [3.63, 3.8) is 0 Å². The first kappa shape index (κ1) is 14.8. The normalized spacial score (nSPS) is 22.8. The molecule has 1 N–H and O–H groups in total. The molecule has 2 nitrogen and oxygen atoms in total.